The number of aromatic nitrogens is 1. The average molecular weight is 585 g/mol. The molecule has 0 bridgehead atoms. The molecule has 4 aromatic rings. The third-order valence-electron chi connectivity index (χ3n) is 7.00. The molecule has 0 fully saturated rings. The fourth-order valence-electron chi connectivity index (χ4n) is 4.67. The molecule has 0 spiro atoms. The van der Waals surface area contributed by atoms with E-state index in [9.17, 15) is 13.2 Å². The Hall–Kier alpha value is -2.98. The molecule has 10 heteroatoms. The third-order valence-corrected chi connectivity index (χ3v) is 9.86. The smallest absolute Gasteiger partial charge is 0.264 e. The first kappa shape index (κ1) is 29.0. The number of benzene rings is 3. The van der Waals surface area contributed by atoms with E-state index in [2.05, 4.69) is 26.0 Å². The molecule has 0 atom stereocenters. The highest BCUT2D eigenvalue weighted by Gasteiger charge is 2.29. The van der Waals surface area contributed by atoms with Crippen molar-refractivity contribution in [1.29, 1.82) is 0 Å². The van der Waals surface area contributed by atoms with Crippen LogP contribution < -0.4 is 9.21 Å². The van der Waals surface area contributed by atoms with Crippen molar-refractivity contribution in [2.45, 2.75) is 31.6 Å². The van der Waals surface area contributed by atoms with Crippen molar-refractivity contribution in [1.82, 2.24) is 9.88 Å². The number of rotatable bonds is 7. The van der Waals surface area contributed by atoms with E-state index in [0.29, 0.717) is 30.3 Å². The number of para-hydroxylation sites is 1. The minimum Gasteiger partial charge on any atom is -0.308 e. The summed E-state index contributed by atoms with van der Waals surface area (Å²) in [7, 11) is 0.183. The number of carbonyl (C=O) groups excluding carboxylic acids is 1. The van der Waals surface area contributed by atoms with Crippen molar-refractivity contribution in [3.05, 3.63) is 82.9 Å². The molecule has 0 saturated heterocycles. The van der Waals surface area contributed by atoms with Gasteiger partial charge in [-0.2, -0.15) is 0 Å². The van der Waals surface area contributed by atoms with Gasteiger partial charge in [0.15, 0.2) is 5.13 Å². The Kier molecular flexibility index (Phi) is 8.66. The van der Waals surface area contributed by atoms with Crippen LogP contribution in [0.4, 0.5) is 10.8 Å². The van der Waals surface area contributed by atoms with Gasteiger partial charge in [0.25, 0.3) is 15.9 Å². The third kappa shape index (κ3) is 5.82. The van der Waals surface area contributed by atoms with Gasteiger partial charge in [0.1, 0.15) is 0 Å². The molecule has 1 aliphatic rings. The van der Waals surface area contributed by atoms with Crippen LogP contribution in [0.1, 0.15) is 33.5 Å². The predicted molar refractivity (Wildman–Crippen MR) is 162 cm³/mol. The number of halogens is 1. The van der Waals surface area contributed by atoms with Crippen molar-refractivity contribution in [3.8, 4) is 0 Å². The second kappa shape index (κ2) is 11.6. The number of hydrogen-bond acceptors (Lipinski definition) is 6. The van der Waals surface area contributed by atoms with Crippen molar-refractivity contribution < 1.29 is 13.2 Å². The summed E-state index contributed by atoms with van der Waals surface area (Å²) in [6, 6.07) is 18.1. The molecule has 39 heavy (non-hydrogen) atoms. The number of hydrogen-bond donors (Lipinski definition) is 0. The number of aryl methyl sites for hydroxylation is 3. The van der Waals surface area contributed by atoms with Gasteiger partial charge < -0.3 is 4.90 Å². The Balaban J connectivity index is 0.00000353. The normalized spacial score (nSPS) is 13.3. The Morgan fingerprint density at radius 2 is 1.69 bits per heavy atom. The lowest BCUT2D eigenvalue weighted by Gasteiger charge is -2.30. The first-order valence-electron chi connectivity index (χ1n) is 12.7. The molecule has 0 aliphatic carbocycles. The Bertz CT molecular complexity index is 1560. The lowest BCUT2D eigenvalue weighted by molar-refractivity contribution is 0.0985. The van der Waals surface area contributed by atoms with Crippen LogP contribution in [0.2, 0.25) is 0 Å². The number of thiazole rings is 1. The molecule has 0 saturated carbocycles. The van der Waals surface area contributed by atoms with Crippen LogP contribution in [-0.2, 0) is 16.4 Å². The van der Waals surface area contributed by atoms with Gasteiger partial charge in [-0.05, 0) is 99.9 Å². The summed E-state index contributed by atoms with van der Waals surface area (Å²) in [4.78, 5) is 22.4. The number of likely N-dealkylation sites (N-methyl/N-ethyl adjacent to an activating group) is 1. The van der Waals surface area contributed by atoms with Gasteiger partial charge in [0, 0.05) is 25.2 Å². The van der Waals surface area contributed by atoms with Crippen LogP contribution >= 0.6 is 23.7 Å². The van der Waals surface area contributed by atoms with E-state index in [4.69, 9.17) is 4.98 Å². The maximum atomic E-state index is 13.7. The predicted octanol–water partition coefficient (Wildman–Crippen LogP) is 5.68. The quantitative estimate of drug-likeness (QED) is 0.279. The SMILES string of the molecule is Cc1cc2nc(N(CCN(C)C)C(=O)c3ccc(S(=O)(=O)N4CCCc5ccccc54)cc3)sc2cc1C.Cl. The minimum atomic E-state index is -3.75. The number of amides is 1. The van der Waals surface area contributed by atoms with E-state index in [1.165, 1.54) is 33.3 Å². The molecule has 5 rings (SSSR count). The van der Waals surface area contributed by atoms with Crippen LogP contribution in [0.25, 0.3) is 10.2 Å². The molecule has 0 N–H and O–H groups in total. The van der Waals surface area contributed by atoms with Crippen molar-refractivity contribution in [2.24, 2.45) is 0 Å². The number of sulfonamides is 1. The van der Waals surface area contributed by atoms with E-state index in [1.54, 1.807) is 17.0 Å². The van der Waals surface area contributed by atoms with Gasteiger partial charge in [-0.3, -0.25) is 14.0 Å². The molecular weight excluding hydrogens is 552 g/mol. The number of carbonyl (C=O) groups is 1. The minimum absolute atomic E-state index is 0. The first-order valence-corrected chi connectivity index (χ1v) is 15.0. The molecule has 206 valence electrons. The van der Waals surface area contributed by atoms with Crippen LogP contribution in [-0.4, -0.2) is 57.9 Å². The average Bonchev–Trinajstić information content (AvgIpc) is 3.30. The summed E-state index contributed by atoms with van der Waals surface area (Å²) in [5.74, 6) is -0.202. The summed E-state index contributed by atoms with van der Waals surface area (Å²) in [6.45, 7) is 5.70. The summed E-state index contributed by atoms with van der Waals surface area (Å²) < 4.78 is 29.6. The molecule has 1 aromatic heterocycles. The number of fused-ring (bicyclic) bond motifs is 2. The molecule has 0 unspecified atom stereocenters. The summed E-state index contributed by atoms with van der Waals surface area (Å²) >= 11 is 1.50. The lowest BCUT2D eigenvalue weighted by Crippen LogP contribution is -2.37. The molecule has 0 radical (unpaired) electrons. The molecule has 1 aliphatic heterocycles. The lowest BCUT2D eigenvalue weighted by atomic mass is 10.0. The monoisotopic (exact) mass is 584 g/mol. The molecule has 3 aromatic carbocycles. The zero-order chi connectivity index (χ0) is 27.0. The largest absolute Gasteiger partial charge is 0.308 e. The Morgan fingerprint density at radius 1 is 1.00 bits per heavy atom. The molecule has 7 nitrogen and oxygen atoms in total. The standard InChI is InChI=1S/C29H32N4O3S2.ClH/c1-20-18-25-27(19-21(20)2)37-29(30-25)32(17-16-31(3)4)28(34)23-11-13-24(14-12-23)38(35,36)33-15-7-9-22-8-5-6-10-26(22)33;/h5-6,8,10-14,18-19H,7,9,15-17H2,1-4H3;1H. The fourth-order valence-corrected chi connectivity index (χ4v) is 7.28. The van der Waals surface area contributed by atoms with E-state index in [0.717, 1.165) is 39.9 Å². The van der Waals surface area contributed by atoms with Crippen LogP contribution in [0.3, 0.4) is 0 Å². The first-order chi connectivity index (χ1) is 18.1. The van der Waals surface area contributed by atoms with Crippen molar-refractivity contribution >= 4 is 60.7 Å². The van der Waals surface area contributed by atoms with Crippen LogP contribution in [0.5, 0.6) is 0 Å². The van der Waals surface area contributed by atoms with E-state index in [1.807, 2.05) is 43.3 Å². The maximum Gasteiger partial charge on any atom is 0.264 e. The van der Waals surface area contributed by atoms with Crippen LogP contribution in [0, 0.1) is 13.8 Å². The van der Waals surface area contributed by atoms with Crippen molar-refractivity contribution in [2.75, 3.05) is 42.9 Å². The topological polar surface area (TPSA) is 73.8 Å². The van der Waals surface area contributed by atoms with Gasteiger partial charge in [0.05, 0.1) is 20.8 Å². The van der Waals surface area contributed by atoms with E-state index in [-0.39, 0.29) is 23.2 Å². The number of anilines is 2. The zero-order valence-electron chi connectivity index (χ0n) is 22.5. The fraction of sp³-hybridized carbons (Fsp3) is 0.310. The highest BCUT2D eigenvalue weighted by Crippen LogP contribution is 2.33. The zero-order valence-corrected chi connectivity index (χ0v) is 25.0. The van der Waals surface area contributed by atoms with Gasteiger partial charge in [-0.15, -0.1) is 12.4 Å². The maximum absolute atomic E-state index is 13.7. The van der Waals surface area contributed by atoms with Gasteiger partial charge in [0.2, 0.25) is 0 Å². The van der Waals surface area contributed by atoms with Gasteiger partial charge >= 0.3 is 0 Å². The molecule has 2 heterocycles. The van der Waals surface area contributed by atoms with E-state index < -0.39 is 10.0 Å². The van der Waals surface area contributed by atoms with E-state index >= 15 is 0 Å². The summed E-state index contributed by atoms with van der Waals surface area (Å²) in [5, 5.41) is 0.637. The van der Waals surface area contributed by atoms with Gasteiger partial charge in [-0.25, -0.2) is 13.4 Å². The second-order valence-corrected chi connectivity index (χ2v) is 12.9. The Morgan fingerprint density at radius 3 is 2.41 bits per heavy atom. The summed E-state index contributed by atoms with van der Waals surface area (Å²) in [5.41, 5.74) is 5.41. The van der Waals surface area contributed by atoms with Gasteiger partial charge in [-0.1, -0.05) is 29.5 Å². The highest BCUT2D eigenvalue weighted by molar-refractivity contribution is 7.92. The Labute approximate surface area is 240 Å². The number of nitrogens with zero attached hydrogens (tertiary/aromatic N) is 4. The highest BCUT2D eigenvalue weighted by atomic mass is 35.5. The summed E-state index contributed by atoms with van der Waals surface area (Å²) in [6.07, 6.45) is 1.64. The molecular formula is C29H33ClN4O3S2. The second-order valence-electron chi connectivity index (χ2n) is 9.99. The van der Waals surface area contributed by atoms with Crippen molar-refractivity contribution in [3.63, 3.8) is 0 Å². The van der Waals surface area contributed by atoms with Crippen LogP contribution in [0.15, 0.2) is 65.6 Å². The molecule has 1 amide bonds.